The zero-order valence-electron chi connectivity index (χ0n) is 16.6. The third-order valence-corrected chi connectivity index (χ3v) is 5.19. The quantitative estimate of drug-likeness (QED) is 0.724. The molecule has 1 aliphatic rings. The predicted octanol–water partition coefficient (Wildman–Crippen LogP) is 3.81. The van der Waals surface area contributed by atoms with Crippen molar-refractivity contribution in [3.63, 3.8) is 0 Å². The highest BCUT2D eigenvalue weighted by molar-refractivity contribution is 9.10. The zero-order valence-corrected chi connectivity index (χ0v) is 18.2. The maximum atomic E-state index is 12.7. The molecule has 0 aliphatic carbocycles. The fourth-order valence-corrected chi connectivity index (χ4v) is 3.65. The van der Waals surface area contributed by atoms with Gasteiger partial charge in [0.1, 0.15) is 5.52 Å². The van der Waals surface area contributed by atoms with E-state index in [1.807, 2.05) is 32.9 Å². The topological polar surface area (TPSA) is 82.0 Å². The summed E-state index contributed by atoms with van der Waals surface area (Å²) in [6.07, 6.45) is 2.55. The minimum absolute atomic E-state index is 0.0160. The molecule has 3 rings (SSSR count). The summed E-state index contributed by atoms with van der Waals surface area (Å²) < 4.78 is 12.1. The van der Waals surface area contributed by atoms with Gasteiger partial charge in [-0.1, -0.05) is 12.1 Å². The summed E-state index contributed by atoms with van der Waals surface area (Å²) in [6, 6.07) is 3.90. The molecule has 1 aliphatic heterocycles. The van der Waals surface area contributed by atoms with Gasteiger partial charge in [0.25, 0.3) is 5.91 Å². The van der Waals surface area contributed by atoms with E-state index < -0.39 is 5.60 Å². The highest BCUT2D eigenvalue weighted by atomic mass is 79.9. The lowest BCUT2D eigenvalue weighted by Crippen LogP contribution is -2.48. The number of hydrogen-bond acceptors (Lipinski definition) is 6. The molecule has 0 saturated carbocycles. The van der Waals surface area contributed by atoms with Crippen LogP contribution in [0.4, 0.5) is 0 Å². The van der Waals surface area contributed by atoms with Crippen molar-refractivity contribution in [1.82, 2.24) is 10.3 Å². The lowest BCUT2D eigenvalue weighted by Gasteiger charge is -2.25. The van der Waals surface area contributed by atoms with Crippen molar-refractivity contribution >= 4 is 38.5 Å². The molecule has 1 aromatic carbocycles. The highest BCUT2D eigenvalue weighted by Gasteiger charge is 2.46. The Labute approximate surface area is 172 Å². The second-order valence-corrected chi connectivity index (χ2v) is 7.91. The molecule has 0 spiro atoms. The number of carbonyl (C=O) groups is 1. The third-order valence-electron chi connectivity index (χ3n) is 4.76. The van der Waals surface area contributed by atoms with Gasteiger partial charge in [0.15, 0.2) is 11.5 Å². The van der Waals surface area contributed by atoms with Crippen molar-refractivity contribution in [2.45, 2.75) is 45.3 Å². The molecule has 0 fully saturated rings. The van der Waals surface area contributed by atoms with Crippen LogP contribution in [0.3, 0.4) is 0 Å². The molecule has 1 aromatic heterocycles. The van der Waals surface area contributed by atoms with Crippen molar-refractivity contribution in [3.05, 3.63) is 28.4 Å². The Morgan fingerprint density at radius 2 is 2.04 bits per heavy atom. The molecule has 1 amide bonds. The van der Waals surface area contributed by atoms with Crippen LogP contribution in [0.2, 0.25) is 0 Å². The number of aromatic nitrogens is 1. The Hall–Kier alpha value is -2.35. The Bertz CT molecular complexity index is 945. The standard InChI is InChI=1S/C20H24BrN3O4/c1-6-20(19(25)23-11(2)3)9-15(24-28-20)14-8-12-7-13(21)10-22-16(12)18(27-5)17(14)26-4/h7-8,10-11H,6,9H2,1-5H3,(H,23,25). The number of benzene rings is 1. The first-order valence-corrected chi connectivity index (χ1v) is 9.91. The number of oxime groups is 1. The maximum Gasteiger partial charge on any atom is 0.267 e. The lowest BCUT2D eigenvalue weighted by atomic mass is 9.89. The fraction of sp³-hybridized carbons (Fsp3) is 0.450. The van der Waals surface area contributed by atoms with E-state index in [1.165, 1.54) is 0 Å². The lowest BCUT2D eigenvalue weighted by molar-refractivity contribution is -0.144. The molecule has 1 unspecified atom stereocenters. The van der Waals surface area contributed by atoms with Crippen LogP contribution in [0.15, 0.2) is 28.0 Å². The average Bonchev–Trinajstić information content (AvgIpc) is 3.11. The minimum Gasteiger partial charge on any atom is -0.492 e. The van der Waals surface area contributed by atoms with Crippen molar-refractivity contribution in [2.75, 3.05) is 14.2 Å². The Balaban J connectivity index is 2.07. The van der Waals surface area contributed by atoms with E-state index in [0.29, 0.717) is 35.6 Å². The molecule has 0 radical (unpaired) electrons. The molecule has 28 heavy (non-hydrogen) atoms. The van der Waals surface area contributed by atoms with Gasteiger partial charge in [0.05, 0.1) is 19.9 Å². The maximum absolute atomic E-state index is 12.7. The van der Waals surface area contributed by atoms with Crippen LogP contribution in [-0.4, -0.2) is 42.5 Å². The number of methoxy groups -OCH3 is 2. The fourth-order valence-electron chi connectivity index (χ4n) is 3.30. The second kappa shape index (κ2) is 7.95. The van der Waals surface area contributed by atoms with E-state index in [0.717, 1.165) is 15.4 Å². The molecular weight excluding hydrogens is 426 g/mol. The largest absolute Gasteiger partial charge is 0.492 e. The normalized spacial score (nSPS) is 18.8. The van der Waals surface area contributed by atoms with Gasteiger partial charge in [-0.2, -0.15) is 0 Å². The van der Waals surface area contributed by atoms with E-state index >= 15 is 0 Å². The van der Waals surface area contributed by atoms with E-state index in [9.17, 15) is 4.79 Å². The molecular formula is C20H24BrN3O4. The van der Waals surface area contributed by atoms with Crippen LogP contribution in [0.1, 0.15) is 39.2 Å². The summed E-state index contributed by atoms with van der Waals surface area (Å²) >= 11 is 3.45. The molecule has 150 valence electrons. The van der Waals surface area contributed by atoms with Gasteiger partial charge in [0.2, 0.25) is 5.60 Å². The van der Waals surface area contributed by atoms with Crippen LogP contribution in [-0.2, 0) is 9.63 Å². The van der Waals surface area contributed by atoms with Crippen LogP contribution < -0.4 is 14.8 Å². The number of amides is 1. The monoisotopic (exact) mass is 449 g/mol. The molecule has 2 aromatic rings. The summed E-state index contributed by atoms with van der Waals surface area (Å²) in [4.78, 5) is 22.9. The third kappa shape index (κ3) is 3.53. The van der Waals surface area contributed by atoms with Crippen LogP contribution in [0, 0.1) is 0 Å². The van der Waals surface area contributed by atoms with Crippen LogP contribution >= 0.6 is 15.9 Å². The van der Waals surface area contributed by atoms with Crippen LogP contribution in [0.5, 0.6) is 11.5 Å². The Morgan fingerprint density at radius 1 is 1.32 bits per heavy atom. The molecule has 0 saturated heterocycles. The smallest absolute Gasteiger partial charge is 0.267 e. The van der Waals surface area contributed by atoms with E-state index in [4.69, 9.17) is 14.3 Å². The number of pyridine rings is 1. The first-order valence-electron chi connectivity index (χ1n) is 9.11. The van der Waals surface area contributed by atoms with Gasteiger partial charge in [-0.15, -0.1) is 0 Å². The van der Waals surface area contributed by atoms with Crippen molar-refractivity contribution in [2.24, 2.45) is 5.16 Å². The molecule has 7 nitrogen and oxygen atoms in total. The first kappa shape index (κ1) is 20.4. The number of hydrogen-bond donors (Lipinski definition) is 1. The number of nitrogens with zero attached hydrogens (tertiary/aromatic N) is 2. The summed E-state index contributed by atoms with van der Waals surface area (Å²) in [5, 5.41) is 8.05. The van der Waals surface area contributed by atoms with Crippen molar-refractivity contribution in [3.8, 4) is 11.5 Å². The number of nitrogens with one attached hydrogen (secondary N) is 1. The molecule has 1 atom stereocenters. The highest BCUT2D eigenvalue weighted by Crippen LogP contribution is 2.41. The number of ether oxygens (including phenoxy) is 2. The van der Waals surface area contributed by atoms with Gasteiger partial charge in [-0.3, -0.25) is 9.78 Å². The molecule has 0 bridgehead atoms. The zero-order chi connectivity index (χ0) is 20.5. The number of rotatable bonds is 6. The summed E-state index contributed by atoms with van der Waals surface area (Å²) in [7, 11) is 3.14. The Kier molecular flexibility index (Phi) is 5.79. The van der Waals surface area contributed by atoms with Gasteiger partial charge >= 0.3 is 0 Å². The van der Waals surface area contributed by atoms with Crippen molar-refractivity contribution in [1.29, 1.82) is 0 Å². The van der Waals surface area contributed by atoms with E-state index in [1.54, 1.807) is 20.4 Å². The number of carbonyl (C=O) groups excluding carboxylic acids is 1. The molecule has 1 N–H and O–H groups in total. The number of fused-ring (bicyclic) bond motifs is 1. The summed E-state index contributed by atoms with van der Waals surface area (Å²) in [6.45, 7) is 5.75. The summed E-state index contributed by atoms with van der Waals surface area (Å²) in [5.74, 6) is 0.869. The van der Waals surface area contributed by atoms with Gasteiger partial charge in [-0.25, -0.2) is 0 Å². The summed E-state index contributed by atoms with van der Waals surface area (Å²) in [5.41, 5.74) is 1.02. The van der Waals surface area contributed by atoms with Gasteiger partial charge in [-0.05, 0) is 48.3 Å². The van der Waals surface area contributed by atoms with Gasteiger partial charge < -0.3 is 19.6 Å². The van der Waals surface area contributed by atoms with Crippen molar-refractivity contribution < 1.29 is 19.1 Å². The first-order chi connectivity index (χ1) is 13.3. The van der Waals surface area contributed by atoms with E-state index in [-0.39, 0.29) is 11.9 Å². The van der Waals surface area contributed by atoms with E-state index in [2.05, 4.69) is 31.4 Å². The molecule has 2 heterocycles. The molecule has 8 heteroatoms. The average molecular weight is 450 g/mol. The number of halogens is 1. The van der Waals surface area contributed by atoms with Crippen LogP contribution in [0.25, 0.3) is 10.9 Å². The van der Waals surface area contributed by atoms with Gasteiger partial charge in [0, 0.05) is 34.1 Å². The Morgan fingerprint density at radius 3 is 2.64 bits per heavy atom. The second-order valence-electron chi connectivity index (χ2n) is 7.00. The predicted molar refractivity (Wildman–Crippen MR) is 111 cm³/mol. The SMILES string of the molecule is CCC1(C(=O)NC(C)C)CC(c2cc3cc(Br)cnc3c(OC)c2OC)=NO1. The minimum atomic E-state index is -1.03.